The average molecular weight is 452 g/mol. The van der Waals surface area contributed by atoms with Crippen LogP contribution < -0.4 is 0 Å². The van der Waals surface area contributed by atoms with Gasteiger partial charge in [0.2, 0.25) is 0 Å². The van der Waals surface area contributed by atoms with Gasteiger partial charge in [-0.15, -0.1) is 11.3 Å². The maximum absolute atomic E-state index is 4.96. The minimum absolute atomic E-state index is 0.789. The number of hydrogen-bond acceptors (Lipinski definition) is 6. The molecule has 0 aliphatic carbocycles. The summed E-state index contributed by atoms with van der Waals surface area (Å²) in [5, 5.41) is 10.9. The highest BCUT2D eigenvalue weighted by molar-refractivity contribution is 7.13. The molecule has 0 aliphatic heterocycles. The molecule has 33 heavy (non-hydrogen) atoms. The van der Waals surface area contributed by atoms with Gasteiger partial charge in [0.15, 0.2) is 0 Å². The van der Waals surface area contributed by atoms with Crippen molar-refractivity contribution in [1.82, 2.24) is 35.0 Å². The number of aromatic nitrogens is 6. The summed E-state index contributed by atoms with van der Waals surface area (Å²) in [7, 11) is 4.10. The number of nitrogens with zero attached hydrogens (tertiary/aromatic N) is 5. The summed E-state index contributed by atoms with van der Waals surface area (Å²) in [6.07, 6.45) is 7.52. The second-order valence-electron chi connectivity index (χ2n) is 8.29. The van der Waals surface area contributed by atoms with Crippen LogP contribution in [0, 0.1) is 0 Å². The molecule has 2 N–H and O–H groups in total. The van der Waals surface area contributed by atoms with Gasteiger partial charge in [-0.1, -0.05) is 6.07 Å². The van der Waals surface area contributed by atoms with Crippen molar-refractivity contribution in [3.8, 4) is 33.1 Å². The van der Waals surface area contributed by atoms with E-state index < -0.39 is 0 Å². The first-order valence-corrected chi connectivity index (χ1v) is 11.5. The normalized spacial score (nSPS) is 11.7. The zero-order valence-electron chi connectivity index (χ0n) is 18.2. The van der Waals surface area contributed by atoms with Gasteiger partial charge in [-0.2, -0.15) is 5.10 Å². The molecular weight excluding hydrogens is 430 g/mol. The Bertz CT molecular complexity index is 1580. The Hall–Kier alpha value is -3.88. The number of rotatable bonds is 5. The first-order chi connectivity index (χ1) is 16.2. The number of pyridine rings is 3. The summed E-state index contributed by atoms with van der Waals surface area (Å²) in [5.41, 5.74) is 8.51. The largest absolute Gasteiger partial charge is 0.352 e. The summed E-state index contributed by atoms with van der Waals surface area (Å²) in [6.45, 7) is 0.829. The van der Waals surface area contributed by atoms with E-state index >= 15 is 0 Å². The molecule has 7 nitrogen and oxygen atoms in total. The molecule has 6 heterocycles. The summed E-state index contributed by atoms with van der Waals surface area (Å²) >= 11 is 1.71. The van der Waals surface area contributed by atoms with Crippen LogP contribution in [0.5, 0.6) is 0 Å². The van der Waals surface area contributed by atoms with Crippen LogP contribution >= 0.6 is 11.3 Å². The molecule has 0 aliphatic rings. The molecule has 0 atom stereocenters. The Kier molecular flexibility index (Phi) is 4.74. The second kappa shape index (κ2) is 7.91. The van der Waals surface area contributed by atoms with Gasteiger partial charge in [0.05, 0.1) is 28.6 Å². The van der Waals surface area contributed by atoms with E-state index in [-0.39, 0.29) is 0 Å². The molecule has 0 fully saturated rings. The smallest absolute Gasteiger partial charge is 0.135 e. The monoisotopic (exact) mass is 451 g/mol. The number of fused-ring (bicyclic) bond motifs is 2. The van der Waals surface area contributed by atoms with Crippen LogP contribution in [-0.4, -0.2) is 49.1 Å². The van der Waals surface area contributed by atoms with E-state index in [9.17, 15) is 0 Å². The molecule has 6 aromatic rings. The van der Waals surface area contributed by atoms with Crippen molar-refractivity contribution >= 4 is 33.3 Å². The van der Waals surface area contributed by atoms with E-state index in [1.807, 2.05) is 36.9 Å². The van der Waals surface area contributed by atoms with Crippen molar-refractivity contribution < 1.29 is 0 Å². The van der Waals surface area contributed by atoms with Gasteiger partial charge in [-0.25, -0.2) is 4.98 Å². The zero-order chi connectivity index (χ0) is 22.4. The number of thiophene rings is 1. The Morgan fingerprint density at radius 3 is 2.73 bits per heavy atom. The molecule has 6 aromatic heterocycles. The van der Waals surface area contributed by atoms with E-state index in [1.54, 1.807) is 11.3 Å². The lowest BCUT2D eigenvalue weighted by molar-refractivity contribution is 0.402. The molecule has 8 heteroatoms. The number of aromatic amines is 2. The van der Waals surface area contributed by atoms with Crippen molar-refractivity contribution in [3.63, 3.8) is 0 Å². The fourth-order valence-electron chi connectivity index (χ4n) is 4.13. The van der Waals surface area contributed by atoms with Crippen molar-refractivity contribution in [2.24, 2.45) is 0 Å². The minimum Gasteiger partial charge on any atom is -0.352 e. The highest BCUT2D eigenvalue weighted by Crippen LogP contribution is 2.35. The SMILES string of the molecule is CN(C)Cc1cncc(-c2ccc3[nH]nc(-c4cc5c(-c6cccs6)cncc5[nH]4)c3n2)c1. The maximum atomic E-state index is 4.96. The van der Waals surface area contributed by atoms with E-state index in [0.29, 0.717) is 0 Å². The molecule has 0 amide bonds. The average Bonchev–Trinajstić information content (AvgIpc) is 3.57. The first-order valence-electron chi connectivity index (χ1n) is 10.6. The highest BCUT2D eigenvalue weighted by Gasteiger charge is 2.16. The topological polar surface area (TPSA) is 86.4 Å². The highest BCUT2D eigenvalue weighted by atomic mass is 32.1. The fraction of sp³-hybridized carbons (Fsp3) is 0.120. The van der Waals surface area contributed by atoms with Crippen LogP contribution in [0.3, 0.4) is 0 Å². The van der Waals surface area contributed by atoms with E-state index in [0.717, 1.165) is 62.3 Å². The number of hydrogen-bond donors (Lipinski definition) is 2. The summed E-state index contributed by atoms with van der Waals surface area (Å²) in [6, 6.07) is 12.5. The molecule has 0 unspecified atom stereocenters. The second-order valence-corrected chi connectivity index (χ2v) is 9.24. The molecule has 0 bridgehead atoms. The maximum Gasteiger partial charge on any atom is 0.135 e. The third kappa shape index (κ3) is 3.59. The van der Waals surface area contributed by atoms with Crippen molar-refractivity contribution in [2.75, 3.05) is 14.1 Å². The third-order valence-electron chi connectivity index (χ3n) is 5.58. The standard InChI is InChI=1S/C25H21N7S/c1-32(2)14-15-8-16(11-26-10-15)19-5-6-20-24(29-19)25(31-30-20)21-9-17-18(23-4-3-7-33-23)12-27-13-22(17)28-21/h3-13,28H,14H2,1-2H3,(H,30,31). The van der Waals surface area contributed by atoms with E-state index in [1.165, 1.54) is 4.88 Å². The van der Waals surface area contributed by atoms with E-state index in [4.69, 9.17) is 4.98 Å². The van der Waals surface area contributed by atoms with Crippen LogP contribution in [0.1, 0.15) is 5.56 Å². The number of H-pyrrole nitrogens is 2. The van der Waals surface area contributed by atoms with Crippen molar-refractivity contribution in [2.45, 2.75) is 6.54 Å². The lowest BCUT2D eigenvalue weighted by Gasteiger charge is -2.10. The van der Waals surface area contributed by atoms with E-state index in [2.05, 4.69) is 73.8 Å². The number of nitrogens with one attached hydrogen (secondary N) is 2. The Morgan fingerprint density at radius 2 is 1.88 bits per heavy atom. The van der Waals surface area contributed by atoms with Crippen LogP contribution in [-0.2, 0) is 6.54 Å². The third-order valence-corrected chi connectivity index (χ3v) is 6.49. The van der Waals surface area contributed by atoms with Gasteiger partial charge in [0, 0.05) is 46.5 Å². The van der Waals surface area contributed by atoms with Crippen LogP contribution in [0.25, 0.3) is 55.0 Å². The lowest BCUT2D eigenvalue weighted by Crippen LogP contribution is -2.10. The quantitative estimate of drug-likeness (QED) is 0.369. The molecule has 0 aromatic carbocycles. The van der Waals surface area contributed by atoms with Gasteiger partial charge in [-0.05, 0) is 55.4 Å². The van der Waals surface area contributed by atoms with Gasteiger partial charge >= 0.3 is 0 Å². The lowest BCUT2D eigenvalue weighted by atomic mass is 10.1. The van der Waals surface area contributed by atoms with Crippen molar-refractivity contribution in [3.05, 3.63) is 72.1 Å². The molecule has 162 valence electrons. The summed E-state index contributed by atoms with van der Waals surface area (Å²) in [4.78, 5) is 20.6. The predicted molar refractivity (Wildman–Crippen MR) is 133 cm³/mol. The van der Waals surface area contributed by atoms with Gasteiger partial charge in [0.1, 0.15) is 11.2 Å². The Labute approximate surface area is 194 Å². The molecular formula is C25H21N7S. The molecule has 0 spiro atoms. The predicted octanol–water partition coefficient (Wildman–Crippen LogP) is 5.35. The summed E-state index contributed by atoms with van der Waals surface area (Å²) in [5.74, 6) is 0. The Balaban J connectivity index is 1.45. The van der Waals surface area contributed by atoms with Crippen molar-refractivity contribution in [1.29, 1.82) is 0 Å². The van der Waals surface area contributed by atoms with Crippen LogP contribution in [0.2, 0.25) is 0 Å². The van der Waals surface area contributed by atoms with Gasteiger partial charge in [-0.3, -0.25) is 15.1 Å². The molecule has 0 radical (unpaired) electrons. The van der Waals surface area contributed by atoms with Crippen LogP contribution in [0.15, 0.2) is 66.6 Å². The first kappa shape index (κ1) is 19.8. The van der Waals surface area contributed by atoms with Crippen LogP contribution in [0.4, 0.5) is 0 Å². The molecule has 0 saturated heterocycles. The van der Waals surface area contributed by atoms with Gasteiger partial charge < -0.3 is 9.88 Å². The van der Waals surface area contributed by atoms with Gasteiger partial charge in [0.25, 0.3) is 0 Å². The molecule has 0 saturated carbocycles. The molecule has 6 rings (SSSR count). The summed E-state index contributed by atoms with van der Waals surface area (Å²) < 4.78 is 0. The zero-order valence-corrected chi connectivity index (χ0v) is 19.0. The Morgan fingerprint density at radius 1 is 0.970 bits per heavy atom. The minimum atomic E-state index is 0.789. The fourth-order valence-corrected chi connectivity index (χ4v) is 4.88.